The number of rotatable bonds is 5. The summed E-state index contributed by atoms with van der Waals surface area (Å²) in [5, 5.41) is 18.2. The second-order valence-electron chi connectivity index (χ2n) is 7.60. The molecule has 0 spiro atoms. The van der Waals surface area contributed by atoms with Crippen LogP contribution in [0.25, 0.3) is 11.7 Å². The number of H-pyrrole nitrogens is 2. The fourth-order valence-electron chi connectivity index (χ4n) is 3.33. The van der Waals surface area contributed by atoms with E-state index < -0.39 is 5.69 Å². The SMILES string of the molecule is C[C@H](Nc1cc(=NC2CC2)n2nc/c(=C\c3[nH]c(=O)[nH]c3O)c2n1)c1ccc(F)cc1. The van der Waals surface area contributed by atoms with Gasteiger partial charge in [0.15, 0.2) is 11.1 Å². The van der Waals surface area contributed by atoms with Crippen LogP contribution in [0.15, 0.2) is 46.3 Å². The van der Waals surface area contributed by atoms with Gasteiger partial charge in [0.05, 0.1) is 12.2 Å². The van der Waals surface area contributed by atoms with Crippen molar-refractivity contribution in [2.45, 2.75) is 31.8 Å². The van der Waals surface area contributed by atoms with E-state index in [2.05, 4.69) is 25.4 Å². The number of aromatic amines is 2. The average molecular weight is 421 g/mol. The zero-order valence-electron chi connectivity index (χ0n) is 16.6. The molecule has 4 N–H and O–H groups in total. The largest absolute Gasteiger partial charge is 0.493 e. The number of fused-ring (bicyclic) bond motifs is 1. The highest BCUT2D eigenvalue weighted by atomic mass is 19.1. The molecule has 9 nitrogen and oxygen atoms in total. The van der Waals surface area contributed by atoms with E-state index in [1.54, 1.807) is 28.9 Å². The molecule has 1 saturated carbocycles. The lowest BCUT2D eigenvalue weighted by Gasteiger charge is -2.15. The normalized spacial score (nSPS) is 16.2. The minimum absolute atomic E-state index is 0.121. The Balaban J connectivity index is 1.61. The molecule has 1 fully saturated rings. The summed E-state index contributed by atoms with van der Waals surface area (Å²) in [4.78, 5) is 25.7. The highest BCUT2D eigenvalue weighted by Gasteiger charge is 2.20. The summed E-state index contributed by atoms with van der Waals surface area (Å²) in [5.41, 5.74) is 1.83. The molecule has 1 aliphatic carbocycles. The van der Waals surface area contributed by atoms with Crippen LogP contribution in [0, 0.1) is 5.82 Å². The summed E-state index contributed by atoms with van der Waals surface area (Å²) < 4.78 is 14.9. The van der Waals surface area contributed by atoms with Gasteiger partial charge in [-0.05, 0) is 43.5 Å². The van der Waals surface area contributed by atoms with Crippen molar-refractivity contribution < 1.29 is 9.50 Å². The van der Waals surface area contributed by atoms with Gasteiger partial charge in [0.25, 0.3) is 0 Å². The van der Waals surface area contributed by atoms with E-state index in [1.807, 2.05) is 13.0 Å². The Bertz CT molecular complexity index is 1430. The summed E-state index contributed by atoms with van der Waals surface area (Å²) >= 11 is 0. The van der Waals surface area contributed by atoms with Crippen molar-refractivity contribution in [1.29, 1.82) is 0 Å². The van der Waals surface area contributed by atoms with Crippen molar-refractivity contribution >= 4 is 17.5 Å². The third-order valence-corrected chi connectivity index (χ3v) is 5.11. The van der Waals surface area contributed by atoms with Crippen molar-refractivity contribution in [3.63, 3.8) is 0 Å². The van der Waals surface area contributed by atoms with Gasteiger partial charge in [-0.3, -0.25) is 9.98 Å². The molecule has 3 heterocycles. The second-order valence-corrected chi connectivity index (χ2v) is 7.60. The van der Waals surface area contributed by atoms with Crippen LogP contribution < -0.4 is 21.7 Å². The van der Waals surface area contributed by atoms with Crippen LogP contribution in [0.3, 0.4) is 0 Å². The van der Waals surface area contributed by atoms with Crippen LogP contribution in [0.4, 0.5) is 10.2 Å². The summed E-state index contributed by atoms with van der Waals surface area (Å²) in [6.45, 7) is 1.96. The minimum Gasteiger partial charge on any atom is -0.493 e. The number of hydrogen-bond acceptors (Lipinski definition) is 6. The van der Waals surface area contributed by atoms with E-state index in [0.29, 0.717) is 22.2 Å². The Kier molecular flexibility index (Phi) is 4.54. The molecule has 10 heteroatoms. The van der Waals surface area contributed by atoms with Gasteiger partial charge in [-0.1, -0.05) is 12.1 Å². The highest BCUT2D eigenvalue weighted by Crippen LogP contribution is 2.23. The van der Waals surface area contributed by atoms with Gasteiger partial charge in [0.2, 0.25) is 5.88 Å². The number of nitrogens with zero attached hydrogens (tertiary/aromatic N) is 4. The van der Waals surface area contributed by atoms with E-state index in [0.717, 1.165) is 18.4 Å². The molecule has 5 rings (SSSR count). The number of hydrogen-bond donors (Lipinski definition) is 4. The third-order valence-electron chi connectivity index (χ3n) is 5.11. The van der Waals surface area contributed by atoms with E-state index in [1.165, 1.54) is 12.1 Å². The molecule has 0 bridgehead atoms. The lowest BCUT2D eigenvalue weighted by atomic mass is 10.1. The summed E-state index contributed by atoms with van der Waals surface area (Å²) in [6, 6.07) is 8.28. The molecule has 4 aromatic rings. The molecule has 0 saturated heterocycles. The quantitative estimate of drug-likeness (QED) is 0.388. The van der Waals surface area contributed by atoms with Gasteiger partial charge >= 0.3 is 5.69 Å². The van der Waals surface area contributed by atoms with Crippen LogP contribution in [-0.4, -0.2) is 35.7 Å². The lowest BCUT2D eigenvalue weighted by Crippen LogP contribution is -2.21. The summed E-state index contributed by atoms with van der Waals surface area (Å²) in [6.07, 6.45) is 5.28. The number of aromatic hydroxyl groups is 1. The number of imidazole rings is 1. The fraction of sp³-hybridized carbons (Fsp3) is 0.238. The monoisotopic (exact) mass is 421 g/mol. The van der Waals surface area contributed by atoms with Crippen LogP contribution in [0.5, 0.6) is 5.88 Å². The Hall–Kier alpha value is -3.95. The first kappa shape index (κ1) is 19.0. The Morgan fingerprint density at radius 2 is 2.10 bits per heavy atom. The maximum Gasteiger partial charge on any atom is 0.326 e. The first-order chi connectivity index (χ1) is 15.0. The van der Waals surface area contributed by atoms with Crippen molar-refractivity contribution in [1.82, 2.24) is 24.6 Å². The zero-order chi connectivity index (χ0) is 21.5. The Morgan fingerprint density at radius 3 is 2.77 bits per heavy atom. The van der Waals surface area contributed by atoms with Gasteiger partial charge in [-0.2, -0.15) is 9.61 Å². The topological polar surface area (TPSA) is 123 Å². The molecule has 31 heavy (non-hydrogen) atoms. The van der Waals surface area contributed by atoms with Gasteiger partial charge in [0, 0.05) is 17.3 Å². The number of halogens is 1. The highest BCUT2D eigenvalue weighted by molar-refractivity contribution is 5.58. The number of aromatic nitrogens is 5. The van der Waals surface area contributed by atoms with Gasteiger partial charge in [0.1, 0.15) is 17.3 Å². The molecule has 3 aromatic heterocycles. The molecule has 158 valence electrons. The maximum absolute atomic E-state index is 13.2. The number of nitrogens with one attached hydrogen (secondary N) is 3. The minimum atomic E-state index is -0.506. The van der Waals surface area contributed by atoms with E-state index in [4.69, 9.17) is 4.99 Å². The second kappa shape index (κ2) is 7.38. The molecular weight excluding hydrogens is 401 g/mol. The molecule has 0 aliphatic heterocycles. The van der Waals surface area contributed by atoms with Crippen LogP contribution in [0.1, 0.15) is 37.1 Å². The smallest absolute Gasteiger partial charge is 0.326 e. The molecule has 1 aromatic carbocycles. The van der Waals surface area contributed by atoms with Crippen LogP contribution >= 0.6 is 0 Å². The molecular formula is C21H20FN7O2. The molecule has 1 aliphatic rings. The van der Waals surface area contributed by atoms with E-state index in [-0.39, 0.29) is 29.5 Å². The van der Waals surface area contributed by atoms with Crippen molar-refractivity contribution in [2.75, 3.05) is 5.32 Å². The molecule has 0 unspecified atom stereocenters. The van der Waals surface area contributed by atoms with Crippen LogP contribution in [-0.2, 0) is 0 Å². The van der Waals surface area contributed by atoms with Gasteiger partial charge in [-0.15, -0.1) is 0 Å². The fourth-order valence-corrected chi connectivity index (χ4v) is 3.33. The number of anilines is 1. The lowest BCUT2D eigenvalue weighted by molar-refractivity contribution is 0.454. The zero-order valence-corrected chi connectivity index (χ0v) is 16.6. The standard InChI is InChI=1S/C21H20FN7O2/c1-11(12-2-4-14(22)5-3-12)24-17-9-18(25-15-6-7-15)29-19(27-17)13(10-23-29)8-16-20(30)28-21(31)26-16/h2-5,8-11,15,24,30H,6-7H2,1H3,(H2,26,28,31)/b13-8+,25-18?/t11-/m0/s1. The molecule has 1 atom stereocenters. The molecule has 0 radical (unpaired) electrons. The summed E-state index contributed by atoms with van der Waals surface area (Å²) in [5.74, 6) is 0.0450. The van der Waals surface area contributed by atoms with Crippen LogP contribution in [0.2, 0.25) is 0 Å². The number of benzene rings is 1. The summed E-state index contributed by atoms with van der Waals surface area (Å²) in [7, 11) is 0. The Labute approximate surface area is 175 Å². The van der Waals surface area contributed by atoms with E-state index >= 15 is 0 Å². The third kappa shape index (κ3) is 3.91. The first-order valence-corrected chi connectivity index (χ1v) is 9.94. The maximum atomic E-state index is 13.2. The average Bonchev–Trinajstić information content (AvgIpc) is 3.37. The Morgan fingerprint density at radius 1 is 1.32 bits per heavy atom. The predicted octanol–water partition coefficient (Wildman–Crippen LogP) is 1.37. The van der Waals surface area contributed by atoms with Gasteiger partial charge < -0.3 is 15.4 Å². The van der Waals surface area contributed by atoms with Gasteiger partial charge in [-0.25, -0.2) is 14.2 Å². The van der Waals surface area contributed by atoms with Crippen molar-refractivity contribution in [3.05, 3.63) is 74.8 Å². The van der Waals surface area contributed by atoms with E-state index in [9.17, 15) is 14.3 Å². The first-order valence-electron chi connectivity index (χ1n) is 9.94. The molecule has 0 amide bonds. The van der Waals surface area contributed by atoms with Crippen molar-refractivity contribution in [3.8, 4) is 5.88 Å². The predicted molar refractivity (Wildman–Crippen MR) is 112 cm³/mol. The van der Waals surface area contributed by atoms with Crippen molar-refractivity contribution in [2.24, 2.45) is 4.99 Å².